The second-order valence-electron chi connectivity index (χ2n) is 5.95. The lowest BCUT2D eigenvalue weighted by molar-refractivity contribution is 0.0965. The van der Waals surface area contributed by atoms with Gasteiger partial charge in [-0.1, -0.05) is 6.07 Å². The number of pyridine rings is 1. The summed E-state index contributed by atoms with van der Waals surface area (Å²) in [6, 6.07) is 10.6. The lowest BCUT2D eigenvalue weighted by atomic mass is 10.1. The van der Waals surface area contributed by atoms with Gasteiger partial charge in [-0.15, -0.1) is 0 Å². The summed E-state index contributed by atoms with van der Waals surface area (Å²) >= 11 is 0. The molecule has 7 heteroatoms. The number of anilines is 1. The summed E-state index contributed by atoms with van der Waals surface area (Å²) in [7, 11) is 3.17. The van der Waals surface area contributed by atoms with E-state index >= 15 is 0 Å². The van der Waals surface area contributed by atoms with Gasteiger partial charge in [-0.2, -0.15) is 0 Å². The molecule has 0 unspecified atom stereocenters. The predicted molar refractivity (Wildman–Crippen MR) is 98.7 cm³/mol. The summed E-state index contributed by atoms with van der Waals surface area (Å²) in [6.07, 6.45) is 1.83. The number of hydrogen-bond donors (Lipinski definition) is 1. The minimum absolute atomic E-state index is 0.0818. The smallest absolute Gasteiger partial charge is 0.207 e. The van der Waals surface area contributed by atoms with E-state index in [4.69, 9.17) is 9.47 Å². The summed E-state index contributed by atoms with van der Waals surface area (Å²) in [5.41, 5.74) is 2.00. The number of imidazole rings is 1. The van der Waals surface area contributed by atoms with Crippen LogP contribution < -0.4 is 14.8 Å². The number of aliphatic imine (C=N–C) groups is 1. The minimum atomic E-state index is -0.535. The highest BCUT2D eigenvalue weighted by Crippen LogP contribution is 2.29. The van der Waals surface area contributed by atoms with Crippen molar-refractivity contribution in [3.8, 4) is 11.5 Å². The molecule has 1 aromatic carbocycles. The number of carbonyl (C=O) groups excluding carboxylic acids is 1. The van der Waals surface area contributed by atoms with Crippen LogP contribution in [-0.2, 0) is 0 Å². The van der Waals surface area contributed by atoms with Crippen LogP contribution in [0.3, 0.4) is 0 Å². The summed E-state index contributed by atoms with van der Waals surface area (Å²) in [5.74, 6) is 2.20. The van der Waals surface area contributed by atoms with Crippen LogP contribution in [-0.4, -0.2) is 41.3 Å². The summed E-state index contributed by atoms with van der Waals surface area (Å²) in [5, 5.41) is 3.22. The van der Waals surface area contributed by atoms with Crippen LogP contribution in [0.1, 0.15) is 23.0 Å². The standard InChI is InChI=1S/C19H18N4O3/c1-11-17(24)16-19(21-15-6-4-5-9-23(15)16)22-18(20-11)12-7-8-13(25-2)14(10-12)26-3/h4-11H,1-3H3,(H,20,22)/t11-/m0/s1. The van der Waals surface area contributed by atoms with E-state index in [9.17, 15) is 4.79 Å². The molecule has 1 atom stereocenters. The number of carbonyl (C=O) groups is 1. The maximum Gasteiger partial charge on any atom is 0.207 e. The first-order chi connectivity index (χ1) is 12.6. The molecule has 0 radical (unpaired) electrons. The Hall–Kier alpha value is -3.35. The van der Waals surface area contributed by atoms with Crippen LogP contribution in [0, 0.1) is 0 Å². The molecular weight excluding hydrogens is 332 g/mol. The van der Waals surface area contributed by atoms with E-state index < -0.39 is 6.04 Å². The Morgan fingerprint density at radius 3 is 2.69 bits per heavy atom. The normalized spacial score (nSPS) is 16.5. The third-order valence-corrected chi connectivity index (χ3v) is 4.36. The quantitative estimate of drug-likeness (QED) is 0.786. The number of nitrogens with one attached hydrogen (secondary N) is 1. The summed E-state index contributed by atoms with van der Waals surface area (Å²) in [6.45, 7) is 1.78. The largest absolute Gasteiger partial charge is 0.493 e. The number of fused-ring (bicyclic) bond motifs is 3. The fourth-order valence-electron chi connectivity index (χ4n) is 3.04. The van der Waals surface area contributed by atoms with Crippen molar-refractivity contribution in [3.63, 3.8) is 0 Å². The van der Waals surface area contributed by atoms with Crippen molar-refractivity contribution in [2.24, 2.45) is 4.99 Å². The number of hydrogen-bond acceptors (Lipinski definition) is 6. The van der Waals surface area contributed by atoms with Gasteiger partial charge in [-0.25, -0.2) is 4.98 Å². The maximum atomic E-state index is 12.9. The second-order valence-corrected chi connectivity index (χ2v) is 5.95. The third kappa shape index (κ3) is 2.48. The second kappa shape index (κ2) is 6.18. The van der Waals surface area contributed by atoms with Crippen LogP contribution >= 0.6 is 0 Å². The molecule has 4 rings (SSSR count). The molecule has 0 bridgehead atoms. The number of aromatic nitrogens is 2. The molecule has 2 aromatic heterocycles. The number of methoxy groups -OCH3 is 2. The fraction of sp³-hybridized carbons (Fsp3) is 0.211. The van der Waals surface area contributed by atoms with E-state index in [1.165, 1.54) is 0 Å². The number of rotatable bonds is 3. The highest BCUT2D eigenvalue weighted by atomic mass is 16.5. The molecule has 0 aliphatic carbocycles. The number of benzene rings is 1. The SMILES string of the molecule is COc1ccc(C2=N[C@@H](C)C(=O)c3c(nc4ccccn34)N2)cc1OC. The monoisotopic (exact) mass is 350 g/mol. The Labute approximate surface area is 150 Å². The van der Waals surface area contributed by atoms with Crippen LogP contribution in [0.5, 0.6) is 11.5 Å². The molecule has 0 saturated heterocycles. The van der Waals surface area contributed by atoms with Crippen molar-refractivity contribution in [1.29, 1.82) is 0 Å². The molecule has 1 aliphatic rings. The van der Waals surface area contributed by atoms with Crippen molar-refractivity contribution in [2.75, 3.05) is 19.5 Å². The van der Waals surface area contributed by atoms with Crippen molar-refractivity contribution in [3.05, 3.63) is 53.9 Å². The van der Waals surface area contributed by atoms with Gasteiger partial charge < -0.3 is 14.8 Å². The predicted octanol–water partition coefficient (Wildman–Crippen LogP) is 2.79. The lowest BCUT2D eigenvalue weighted by Crippen LogP contribution is -2.17. The van der Waals surface area contributed by atoms with Crippen LogP contribution in [0.4, 0.5) is 5.82 Å². The number of amidine groups is 1. The van der Waals surface area contributed by atoms with Crippen molar-refractivity contribution >= 4 is 23.1 Å². The lowest BCUT2D eigenvalue weighted by Gasteiger charge is -2.12. The van der Waals surface area contributed by atoms with E-state index in [2.05, 4.69) is 15.3 Å². The molecule has 0 fully saturated rings. The molecule has 0 saturated carbocycles. The average Bonchev–Trinajstić information content (AvgIpc) is 2.98. The molecule has 7 nitrogen and oxygen atoms in total. The summed E-state index contributed by atoms with van der Waals surface area (Å²) in [4.78, 5) is 22.0. The highest BCUT2D eigenvalue weighted by molar-refractivity contribution is 6.15. The van der Waals surface area contributed by atoms with Crippen LogP contribution in [0.15, 0.2) is 47.6 Å². The molecule has 1 aliphatic heterocycles. The van der Waals surface area contributed by atoms with Crippen molar-refractivity contribution in [2.45, 2.75) is 13.0 Å². The number of ketones is 1. The van der Waals surface area contributed by atoms with Crippen molar-refractivity contribution < 1.29 is 14.3 Å². The summed E-state index contributed by atoms with van der Waals surface area (Å²) < 4.78 is 12.4. The topological polar surface area (TPSA) is 77.2 Å². The Balaban J connectivity index is 1.84. The van der Waals surface area contributed by atoms with Gasteiger partial charge in [0.2, 0.25) is 5.78 Å². The average molecular weight is 350 g/mol. The van der Waals surface area contributed by atoms with Gasteiger partial charge in [-0.3, -0.25) is 14.2 Å². The molecule has 1 N–H and O–H groups in total. The molecule has 3 heterocycles. The number of nitrogens with zero attached hydrogens (tertiary/aromatic N) is 3. The van der Waals surface area contributed by atoms with E-state index in [0.29, 0.717) is 34.5 Å². The van der Waals surface area contributed by atoms with E-state index in [1.54, 1.807) is 31.6 Å². The number of ether oxygens (including phenoxy) is 2. The Bertz CT molecular complexity index is 1040. The van der Waals surface area contributed by atoms with Crippen molar-refractivity contribution in [1.82, 2.24) is 9.38 Å². The third-order valence-electron chi connectivity index (χ3n) is 4.36. The molecule has 132 valence electrons. The fourth-order valence-corrected chi connectivity index (χ4v) is 3.04. The van der Waals surface area contributed by atoms with Gasteiger partial charge >= 0.3 is 0 Å². The van der Waals surface area contributed by atoms with E-state index in [1.807, 2.05) is 36.5 Å². The molecule has 0 amide bonds. The molecule has 3 aromatic rings. The minimum Gasteiger partial charge on any atom is -0.493 e. The molecular formula is C19H18N4O3. The van der Waals surface area contributed by atoms with Gasteiger partial charge in [0.1, 0.15) is 23.2 Å². The van der Waals surface area contributed by atoms with Gasteiger partial charge in [-0.05, 0) is 37.3 Å². The zero-order valence-electron chi connectivity index (χ0n) is 14.7. The van der Waals surface area contributed by atoms with Crippen LogP contribution in [0.2, 0.25) is 0 Å². The zero-order chi connectivity index (χ0) is 18.3. The zero-order valence-corrected chi connectivity index (χ0v) is 14.7. The van der Waals surface area contributed by atoms with Gasteiger partial charge in [0.25, 0.3) is 0 Å². The van der Waals surface area contributed by atoms with Crippen LogP contribution in [0.25, 0.3) is 5.65 Å². The Morgan fingerprint density at radius 1 is 1.12 bits per heavy atom. The first-order valence-electron chi connectivity index (χ1n) is 8.21. The maximum absolute atomic E-state index is 12.9. The van der Waals surface area contributed by atoms with E-state index in [-0.39, 0.29) is 5.78 Å². The first kappa shape index (κ1) is 16.1. The highest BCUT2D eigenvalue weighted by Gasteiger charge is 2.28. The van der Waals surface area contributed by atoms with E-state index in [0.717, 1.165) is 5.56 Å². The van der Waals surface area contributed by atoms with Gasteiger partial charge in [0.05, 0.1) is 14.2 Å². The Morgan fingerprint density at radius 2 is 1.92 bits per heavy atom. The Kier molecular flexibility index (Phi) is 3.84. The van der Waals surface area contributed by atoms with Gasteiger partial charge in [0.15, 0.2) is 17.3 Å². The molecule has 0 spiro atoms. The van der Waals surface area contributed by atoms with Gasteiger partial charge in [0, 0.05) is 11.8 Å². The number of Topliss-reactive ketones (excluding diaryl/α,β-unsaturated/α-hetero) is 1. The first-order valence-corrected chi connectivity index (χ1v) is 8.21. The molecule has 26 heavy (non-hydrogen) atoms.